The SMILES string of the molecule is Cc1c2nc(c(C)c3ccc([nH]3)c(C)c3ccc([nH]3)c(C)c3nc1CC3)CC2.Cc1c2nc(c(C)c3ccc([nH]3)c(C)c3ccc([nH]3)c(C)c3nc1CC3)CC2.Cc1c2nc(c(C)c3ccc([nH]3)c(C)c3nc(c(C)c4ccc1[nH]4)CC3)CC2. The smallest absolute Gasteiger partial charge is 0.0460 e. The Bertz CT molecular complexity index is 4140. The van der Waals surface area contributed by atoms with Crippen LogP contribution < -0.4 is 0 Å². The van der Waals surface area contributed by atoms with Gasteiger partial charge in [0.05, 0.1) is 0 Å². The van der Waals surface area contributed by atoms with Crippen LogP contribution >= 0.6 is 0 Å². The molecular formula is C72H78N12. The zero-order valence-electron chi connectivity index (χ0n) is 51.1. The van der Waals surface area contributed by atoms with E-state index >= 15 is 0 Å². The molecule has 12 heteroatoms. The third-order valence-electron chi connectivity index (χ3n) is 19.4. The van der Waals surface area contributed by atoms with Gasteiger partial charge in [-0.05, 0) is 300 Å². The number of nitrogens with one attached hydrogen (secondary N) is 6. The number of aromatic amines is 6. The molecule has 15 heterocycles. The van der Waals surface area contributed by atoms with Crippen molar-refractivity contribution >= 4 is 66.2 Å². The maximum absolute atomic E-state index is 5.01. The van der Waals surface area contributed by atoms with Crippen LogP contribution in [0.2, 0.25) is 0 Å². The zero-order chi connectivity index (χ0) is 58.2. The minimum absolute atomic E-state index is 0.999. The molecule has 12 nitrogen and oxygen atoms in total. The van der Waals surface area contributed by atoms with Gasteiger partial charge in [-0.15, -0.1) is 0 Å². The fraction of sp³-hybridized carbons (Fsp3) is 0.333. The number of rotatable bonds is 0. The van der Waals surface area contributed by atoms with Gasteiger partial charge in [0.2, 0.25) is 0 Å². The summed E-state index contributed by atoms with van der Waals surface area (Å²) in [6.07, 6.45) is 12.0. The number of hydrogen-bond acceptors (Lipinski definition) is 6. The summed E-state index contributed by atoms with van der Waals surface area (Å²) >= 11 is 0. The van der Waals surface area contributed by atoms with Crippen molar-refractivity contribution in [3.8, 4) is 0 Å². The molecule has 0 atom stereocenters. The Morgan fingerprint density at radius 3 is 0.405 bits per heavy atom. The standard InChI is InChI=1S/3C24H26N4/c3*1-13-17-5-7-19(25-17)14(2)21-9-11-23(27-21)16(4)24-12-10-22(28-24)15(3)20-8-6-18(13)26-20/h5,7,10,12,25,28H,6,8-9,11H2,1-4H3;2*5-8,25-26H,9-12H2,1-4H3. The molecule has 24 bridgehead atoms. The molecule has 0 radical (unpaired) electrons. The van der Waals surface area contributed by atoms with E-state index in [1.165, 1.54) is 135 Å². The van der Waals surface area contributed by atoms with Crippen LogP contribution in [0.3, 0.4) is 0 Å². The molecule has 426 valence electrons. The number of fused-ring (bicyclic) bond motifs is 24. The lowest BCUT2D eigenvalue weighted by Gasteiger charge is -1.97. The quantitative estimate of drug-likeness (QED) is 0.0882. The predicted molar refractivity (Wildman–Crippen MR) is 344 cm³/mol. The molecule has 9 aromatic heterocycles. The van der Waals surface area contributed by atoms with E-state index < -0.39 is 0 Å². The Labute approximate surface area is 491 Å². The highest BCUT2D eigenvalue weighted by atomic mass is 14.8. The van der Waals surface area contributed by atoms with E-state index in [0.717, 1.165) is 143 Å². The first-order chi connectivity index (χ1) is 40.5. The van der Waals surface area contributed by atoms with Gasteiger partial charge in [-0.25, -0.2) is 0 Å². The molecule has 84 heavy (non-hydrogen) atoms. The summed E-state index contributed by atoms with van der Waals surface area (Å²) in [5.41, 5.74) is 43.1. The lowest BCUT2D eigenvalue weighted by atomic mass is 10.1. The Hall–Kier alpha value is -8.64. The second kappa shape index (κ2) is 21.8. The lowest BCUT2D eigenvalue weighted by Crippen LogP contribution is -1.91. The molecule has 0 aliphatic carbocycles. The molecule has 6 aliphatic heterocycles. The van der Waals surface area contributed by atoms with Crippen LogP contribution in [0.5, 0.6) is 0 Å². The minimum Gasteiger partial charge on any atom is -0.355 e. The molecule has 9 aromatic rings. The number of nitrogens with zero attached hydrogens (tertiary/aromatic N) is 6. The summed E-state index contributed by atoms with van der Waals surface area (Å²) in [4.78, 5) is 51.7. The van der Waals surface area contributed by atoms with Crippen LogP contribution in [0, 0.1) is 83.1 Å². The molecule has 0 fully saturated rings. The van der Waals surface area contributed by atoms with Gasteiger partial charge in [0, 0.05) is 135 Å². The summed E-state index contributed by atoms with van der Waals surface area (Å²) in [7, 11) is 0. The van der Waals surface area contributed by atoms with Gasteiger partial charge in [-0.2, -0.15) is 0 Å². The van der Waals surface area contributed by atoms with Gasteiger partial charge in [-0.3, -0.25) is 29.9 Å². The number of H-pyrrole nitrogens is 6. The number of hydrogen-bond donors (Lipinski definition) is 6. The molecule has 15 rings (SSSR count). The topological polar surface area (TPSA) is 172 Å². The highest BCUT2D eigenvalue weighted by Gasteiger charge is 2.21. The third kappa shape index (κ3) is 10.1. The number of aryl methyl sites for hydroxylation is 22. The van der Waals surface area contributed by atoms with E-state index in [1.807, 2.05) is 0 Å². The second-order valence-corrected chi connectivity index (χ2v) is 24.2. The van der Waals surface area contributed by atoms with Crippen LogP contribution in [0.1, 0.15) is 135 Å². The Kier molecular flexibility index (Phi) is 14.2. The van der Waals surface area contributed by atoms with Crippen molar-refractivity contribution in [2.75, 3.05) is 0 Å². The van der Waals surface area contributed by atoms with Crippen molar-refractivity contribution in [3.63, 3.8) is 0 Å². The van der Waals surface area contributed by atoms with Gasteiger partial charge < -0.3 is 29.9 Å². The van der Waals surface area contributed by atoms with E-state index in [-0.39, 0.29) is 0 Å². The van der Waals surface area contributed by atoms with Crippen LogP contribution in [-0.2, 0) is 77.0 Å². The molecule has 0 spiro atoms. The second-order valence-electron chi connectivity index (χ2n) is 24.2. The van der Waals surface area contributed by atoms with E-state index in [1.54, 1.807) is 0 Å². The largest absolute Gasteiger partial charge is 0.355 e. The molecule has 0 saturated carbocycles. The average molecular weight is 1110 g/mol. The highest BCUT2D eigenvalue weighted by molar-refractivity contribution is 5.78. The highest BCUT2D eigenvalue weighted by Crippen LogP contribution is 2.30. The fourth-order valence-corrected chi connectivity index (χ4v) is 13.2. The average Bonchev–Trinajstić information content (AvgIpc) is 3.92. The van der Waals surface area contributed by atoms with Crippen LogP contribution in [0.25, 0.3) is 66.2 Å². The summed E-state index contributed by atoms with van der Waals surface area (Å²) in [6.45, 7) is 26.1. The van der Waals surface area contributed by atoms with Gasteiger partial charge in [-0.1, -0.05) is 0 Å². The summed E-state index contributed by atoms with van der Waals surface area (Å²) < 4.78 is 0. The monoisotopic (exact) mass is 1110 g/mol. The van der Waals surface area contributed by atoms with Crippen LogP contribution in [-0.4, -0.2) is 59.8 Å². The van der Waals surface area contributed by atoms with Crippen molar-refractivity contribution in [1.29, 1.82) is 0 Å². The van der Waals surface area contributed by atoms with Crippen LogP contribution in [0.15, 0.2) is 72.8 Å². The van der Waals surface area contributed by atoms with E-state index in [4.69, 9.17) is 29.9 Å². The maximum atomic E-state index is 5.01. The van der Waals surface area contributed by atoms with Gasteiger partial charge in [0.1, 0.15) is 0 Å². The number of aromatic nitrogens is 12. The fourth-order valence-electron chi connectivity index (χ4n) is 13.2. The van der Waals surface area contributed by atoms with Gasteiger partial charge in [0.15, 0.2) is 0 Å². The normalized spacial score (nSPS) is 13.9. The maximum Gasteiger partial charge on any atom is 0.0460 e. The van der Waals surface area contributed by atoms with Gasteiger partial charge >= 0.3 is 0 Å². The van der Waals surface area contributed by atoms with Crippen molar-refractivity contribution < 1.29 is 0 Å². The van der Waals surface area contributed by atoms with Crippen molar-refractivity contribution in [2.24, 2.45) is 0 Å². The first kappa shape index (κ1) is 54.6. The summed E-state index contributed by atoms with van der Waals surface area (Å²) in [5.74, 6) is 0. The predicted octanol–water partition coefficient (Wildman–Crippen LogP) is 15.4. The summed E-state index contributed by atoms with van der Waals surface area (Å²) in [5, 5.41) is 0. The molecular weight excluding hydrogens is 1030 g/mol. The van der Waals surface area contributed by atoms with E-state index in [9.17, 15) is 0 Å². The molecule has 0 saturated heterocycles. The van der Waals surface area contributed by atoms with E-state index in [0.29, 0.717) is 0 Å². The molecule has 6 N–H and O–H groups in total. The van der Waals surface area contributed by atoms with Gasteiger partial charge in [0.25, 0.3) is 0 Å². The lowest BCUT2D eigenvalue weighted by molar-refractivity contribution is 0.971. The van der Waals surface area contributed by atoms with Crippen molar-refractivity contribution in [1.82, 2.24) is 59.8 Å². The minimum atomic E-state index is 0.999. The van der Waals surface area contributed by atoms with Crippen molar-refractivity contribution in [3.05, 3.63) is 208 Å². The Morgan fingerprint density at radius 2 is 0.274 bits per heavy atom. The molecule has 0 amide bonds. The third-order valence-corrected chi connectivity index (χ3v) is 19.4. The molecule has 6 aliphatic rings. The van der Waals surface area contributed by atoms with Crippen molar-refractivity contribution in [2.45, 2.75) is 160 Å². The van der Waals surface area contributed by atoms with E-state index in [2.05, 4.69) is 186 Å². The molecule has 0 aromatic carbocycles. The van der Waals surface area contributed by atoms with Crippen LogP contribution in [0.4, 0.5) is 0 Å². The zero-order valence-corrected chi connectivity index (χ0v) is 51.1. The first-order valence-corrected chi connectivity index (χ1v) is 30.4. The first-order valence-electron chi connectivity index (χ1n) is 30.4. The Balaban J connectivity index is 0.000000118. The Morgan fingerprint density at radius 1 is 0.167 bits per heavy atom. The summed E-state index contributed by atoms with van der Waals surface area (Å²) in [6, 6.07) is 26.1. The molecule has 0 unspecified atom stereocenters.